The van der Waals surface area contributed by atoms with Crippen molar-refractivity contribution in [3.63, 3.8) is 0 Å². The van der Waals surface area contributed by atoms with Gasteiger partial charge in [-0.25, -0.2) is 0 Å². The fourth-order valence-electron chi connectivity index (χ4n) is 2.49. The number of benzene rings is 1. The number of aryl methyl sites for hydroxylation is 2. The van der Waals surface area contributed by atoms with E-state index < -0.39 is 6.10 Å². The van der Waals surface area contributed by atoms with Crippen molar-refractivity contribution in [2.24, 2.45) is 17.6 Å². The Kier molecular flexibility index (Phi) is 5.16. The summed E-state index contributed by atoms with van der Waals surface area (Å²) in [4.78, 5) is 0. The van der Waals surface area contributed by atoms with Crippen LogP contribution in [0.3, 0.4) is 0 Å². The second-order valence-electron chi connectivity index (χ2n) is 5.38. The van der Waals surface area contributed by atoms with Gasteiger partial charge in [0.1, 0.15) is 0 Å². The van der Waals surface area contributed by atoms with Crippen molar-refractivity contribution in [2.45, 2.75) is 40.2 Å². The molecule has 0 bridgehead atoms. The maximum Gasteiger partial charge on any atom is 0.0835 e. The fraction of sp³-hybridized carbons (Fsp3) is 0.600. The lowest BCUT2D eigenvalue weighted by molar-refractivity contribution is 0.0983. The Morgan fingerprint density at radius 1 is 1.18 bits per heavy atom. The Bertz CT molecular complexity index is 340. The Morgan fingerprint density at radius 3 is 2.12 bits per heavy atom. The highest BCUT2D eigenvalue weighted by atomic mass is 16.3. The second-order valence-corrected chi connectivity index (χ2v) is 5.38. The maximum atomic E-state index is 10.5. The van der Waals surface area contributed by atoms with E-state index >= 15 is 0 Å². The second kappa shape index (κ2) is 6.18. The van der Waals surface area contributed by atoms with Gasteiger partial charge in [0, 0.05) is 5.92 Å². The van der Waals surface area contributed by atoms with E-state index in [-0.39, 0.29) is 5.92 Å². The van der Waals surface area contributed by atoms with Gasteiger partial charge < -0.3 is 10.8 Å². The van der Waals surface area contributed by atoms with Crippen molar-refractivity contribution < 1.29 is 5.11 Å². The van der Waals surface area contributed by atoms with Gasteiger partial charge in [0.05, 0.1) is 6.10 Å². The van der Waals surface area contributed by atoms with Gasteiger partial charge in [0.2, 0.25) is 0 Å². The molecule has 1 aromatic rings. The first-order valence-electron chi connectivity index (χ1n) is 6.41. The summed E-state index contributed by atoms with van der Waals surface area (Å²) >= 11 is 0. The Morgan fingerprint density at radius 2 is 1.71 bits per heavy atom. The number of aliphatic hydroxyl groups is 1. The van der Waals surface area contributed by atoms with Crippen LogP contribution in [0.1, 0.15) is 43.1 Å². The smallest absolute Gasteiger partial charge is 0.0835 e. The lowest BCUT2D eigenvalue weighted by Gasteiger charge is -2.26. The molecule has 2 nitrogen and oxygen atoms in total. The molecule has 0 saturated carbocycles. The van der Waals surface area contributed by atoms with Crippen molar-refractivity contribution in [3.05, 3.63) is 34.9 Å². The van der Waals surface area contributed by atoms with Gasteiger partial charge in [-0.2, -0.15) is 0 Å². The minimum Gasteiger partial charge on any atom is -0.388 e. The van der Waals surface area contributed by atoms with Crippen molar-refractivity contribution >= 4 is 0 Å². The maximum absolute atomic E-state index is 10.5. The zero-order valence-corrected chi connectivity index (χ0v) is 11.4. The number of hydrogen-bond donors (Lipinski definition) is 2. The molecule has 0 aliphatic rings. The van der Waals surface area contributed by atoms with Gasteiger partial charge in [0.25, 0.3) is 0 Å². The third-order valence-electron chi connectivity index (χ3n) is 3.36. The van der Waals surface area contributed by atoms with Gasteiger partial charge in [-0.1, -0.05) is 32.0 Å². The quantitative estimate of drug-likeness (QED) is 0.824. The Labute approximate surface area is 105 Å². The molecule has 0 radical (unpaired) electrons. The van der Waals surface area contributed by atoms with Crippen LogP contribution in [0.4, 0.5) is 0 Å². The average Bonchev–Trinajstić information content (AvgIpc) is 2.25. The van der Waals surface area contributed by atoms with E-state index in [1.54, 1.807) is 0 Å². The SMILES string of the molecule is Cc1cccc(C)c1C(O)C(CN)CC(C)C. The van der Waals surface area contributed by atoms with Crippen LogP contribution in [-0.2, 0) is 0 Å². The van der Waals surface area contributed by atoms with Crippen LogP contribution in [-0.4, -0.2) is 11.7 Å². The van der Waals surface area contributed by atoms with E-state index in [9.17, 15) is 5.11 Å². The normalized spacial score (nSPS) is 15.0. The van der Waals surface area contributed by atoms with Crippen LogP contribution < -0.4 is 5.73 Å². The van der Waals surface area contributed by atoms with E-state index in [0.29, 0.717) is 12.5 Å². The van der Waals surface area contributed by atoms with Crippen LogP contribution in [0, 0.1) is 25.7 Å². The van der Waals surface area contributed by atoms with E-state index in [4.69, 9.17) is 5.73 Å². The van der Waals surface area contributed by atoms with E-state index in [2.05, 4.69) is 39.8 Å². The van der Waals surface area contributed by atoms with Crippen molar-refractivity contribution in [2.75, 3.05) is 6.54 Å². The molecular weight excluding hydrogens is 210 g/mol. The first-order valence-corrected chi connectivity index (χ1v) is 6.41. The lowest BCUT2D eigenvalue weighted by atomic mass is 9.85. The molecule has 2 heteroatoms. The summed E-state index contributed by atoms with van der Waals surface area (Å²) in [6.07, 6.45) is 0.523. The standard InChI is InChI=1S/C15H25NO/c1-10(2)8-13(9-16)15(17)14-11(3)6-5-7-12(14)4/h5-7,10,13,15,17H,8-9,16H2,1-4H3. The van der Waals surface area contributed by atoms with Gasteiger partial charge in [-0.05, 0) is 49.4 Å². The van der Waals surface area contributed by atoms with Gasteiger partial charge >= 0.3 is 0 Å². The molecule has 0 saturated heterocycles. The molecule has 1 rings (SSSR count). The zero-order valence-electron chi connectivity index (χ0n) is 11.4. The summed E-state index contributed by atoms with van der Waals surface area (Å²) in [5.41, 5.74) is 9.16. The molecule has 0 fully saturated rings. The van der Waals surface area contributed by atoms with E-state index in [1.165, 1.54) is 0 Å². The highest BCUT2D eigenvalue weighted by molar-refractivity contribution is 5.35. The van der Waals surface area contributed by atoms with Crippen LogP contribution >= 0.6 is 0 Å². The number of rotatable bonds is 5. The summed E-state index contributed by atoms with van der Waals surface area (Å²) in [7, 11) is 0. The summed E-state index contributed by atoms with van der Waals surface area (Å²) in [5.74, 6) is 0.706. The molecule has 2 unspecified atom stereocenters. The van der Waals surface area contributed by atoms with Crippen molar-refractivity contribution in [3.8, 4) is 0 Å². The molecule has 0 heterocycles. The molecule has 0 aliphatic carbocycles. The monoisotopic (exact) mass is 235 g/mol. The van der Waals surface area contributed by atoms with Crippen molar-refractivity contribution in [1.82, 2.24) is 0 Å². The molecule has 3 N–H and O–H groups in total. The van der Waals surface area contributed by atoms with Crippen LogP contribution in [0.15, 0.2) is 18.2 Å². The fourth-order valence-corrected chi connectivity index (χ4v) is 2.49. The average molecular weight is 235 g/mol. The molecule has 2 atom stereocenters. The first-order chi connectivity index (χ1) is 7.97. The molecular formula is C15H25NO. The summed E-state index contributed by atoms with van der Waals surface area (Å²) < 4.78 is 0. The number of hydrogen-bond acceptors (Lipinski definition) is 2. The van der Waals surface area contributed by atoms with Gasteiger partial charge in [-0.3, -0.25) is 0 Å². The summed E-state index contributed by atoms with van der Waals surface area (Å²) in [5, 5.41) is 10.5. The lowest BCUT2D eigenvalue weighted by Crippen LogP contribution is -2.24. The number of nitrogens with two attached hydrogens (primary N) is 1. The predicted octanol–water partition coefficient (Wildman–Crippen LogP) is 2.96. The van der Waals surface area contributed by atoms with E-state index in [1.807, 2.05) is 6.07 Å². The van der Waals surface area contributed by atoms with Gasteiger partial charge in [-0.15, -0.1) is 0 Å². The molecule has 0 aromatic heterocycles. The topological polar surface area (TPSA) is 46.2 Å². The predicted molar refractivity (Wildman–Crippen MR) is 72.9 cm³/mol. The molecule has 0 amide bonds. The van der Waals surface area contributed by atoms with Crippen LogP contribution in [0.5, 0.6) is 0 Å². The highest BCUT2D eigenvalue weighted by Gasteiger charge is 2.23. The molecule has 0 spiro atoms. The highest BCUT2D eigenvalue weighted by Crippen LogP contribution is 2.30. The Hall–Kier alpha value is -0.860. The third-order valence-corrected chi connectivity index (χ3v) is 3.36. The van der Waals surface area contributed by atoms with Crippen LogP contribution in [0.2, 0.25) is 0 Å². The minimum atomic E-state index is -0.441. The largest absolute Gasteiger partial charge is 0.388 e. The van der Waals surface area contributed by atoms with Gasteiger partial charge in [0.15, 0.2) is 0 Å². The Balaban J connectivity index is 2.97. The van der Waals surface area contributed by atoms with E-state index in [0.717, 1.165) is 23.1 Å². The van der Waals surface area contributed by atoms with Crippen LogP contribution in [0.25, 0.3) is 0 Å². The zero-order chi connectivity index (χ0) is 13.0. The third kappa shape index (κ3) is 3.55. The summed E-state index contributed by atoms with van der Waals surface area (Å²) in [6, 6.07) is 6.13. The molecule has 17 heavy (non-hydrogen) atoms. The molecule has 0 aliphatic heterocycles. The molecule has 96 valence electrons. The molecule has 1 aromatic carbocycles. The first kappa shape index (κ1) is 14.2. The van der Waals surface area contributed by atoms with Crippen molar-refractivity contribution in [1.29, 1.82) is 0 Å². The number of aliphatic hydroxyl groups excluding tert-OH is 1. The summed E-state index contributed by atoms with van der Waals surface area (Å²) in [6.45, 7) is 8.97. The minimum absolute atomic E-state index is 0.148.